The highest BCUT2D eigenvalue weighted by Crippen LogP contribution is 2.24. The van der Waals surface area contributed by atoms with Gasteiger partial charge in [-0.15, -0.1) is 0 Å². The molecule has 6 nitrogen and oxygen atoms in total. The van der Waals surface area contributed by atoms with Crippen LogP contribution >= 0.6 is 0 Å². The van der Waals surface area contributed by atoms with Gasteiger partial charge >= 0.3 is 6.09 Å². The smallest absolute Gasteiger partial charge is 0.410 e. The highest BCUT2D eigenvalue weighted by molar-refractivity contribution is 5.79. The predicted molar refractivity (Wildman–Crippen MR) is 103 cm³/mol. The zero-order valence-corrected chi connectivity index (χ0v) is 17.5. The molecule has 150 valence electrons. The lowest BCUT2D eigenvalue weighted by atomic mass is 9.93. The standard InChI is InChI=1S/C20H37N3O3/c1-15(2)22-13-9-17(10-14-22)21(6)18(24)16-7-11-23(12-8-16)19(25)26-20(3,4)5/h15-17H,7-14H2,1-6H3. The number of carbonyl (C=O) groups excluding carboxylic acids is 2. The molecular formula is C20H37N3O3. The van der Waals surface area contributed by atoms with E-state index in [4.69, 9.17) is 4.74 Å². The summed E-state index contributed by atoms with van der Waals surface area (Å²) in [5, 5.41) is 0. The minimum Gasteiger partial charge on any atom is -0.444 e. The first-order valence-electron chi connectivity index (χ1n) is 10.1. The topological polar surface area (TPSA) is 53.1 Å². The van der Waals surface area contributed by atoms with Gasteiger partial charge in [-0.05, 0) is 60.3 Å². The average Bonchev–Trinajstić information content (AvgIpc) is 2.59. The summed E-state index contributed by atoms with van der Waals surface area (Å²) in [5.41, 5.74) is -0.477. The maximum Gasteiger partial charge on any atom is 0.410 e. The Labute approximate surface area is 158 Å². The molecule has 0 aromatic heterocycles. The lowest BCUT2D eigenvalue weighted by Crippen LogP contribution is -2.50. The number of hydrogen-bond donors (Lipinski definition) is 0. The van der Waals surface area contributed by atoms with Crippen molar-refractivity contribution < 1.29 is 14.3 Å². The lowest BCUT2D eigenvalue weighted by Gasteiger charge is -2.40. The third kappa shape index (κ3) is 5.60. The molecule has 0 atom stereocenters. The van der Waals surface area contributed by atoms with E-state index >= 15 is 0 Å². The Morgan fingerprint density at radius 3 is 2.00 bits per heavy atom. The molecule has 2 fully saturated rings. The average molecular weight is 368 g/mol. The molecule has 0 N–H and O–H groups in total. The second-order valence-electron chi connectivity index (χ2n) is 9.05. The van der Waals surface area contributed by atoms with Gasteiger partial charge in [0.05, 0.1) is 0 Å². The first-order valence-corrected chi connectivity index (χ1v) is 10.1. The summed E-state index contributed by atoms with van der Waals surface area (Å²) in [6, 6.07) is 0.926. The number of amides is 2. The van der Waals surface area contributed by atoms with Gasteiger partial charge in [0, 0.05) is 51.2 Å². The summed E-state index contributed by atoms with van der Waals surface area (Å²) < 4.78 is 5.43. The third-order valence-electron chi connectivity index (χ3n) is 5.62. The van der Waals surface area contributed by atoms with E-state index in [-0.39, 0.29) is 17.9 Å². The first-order chi connectivity index (χ1) is 12.1. The van der Waals surface area contributed by atoms with Crippen LogP contribution in [0.2, 0.25) is 0 Å². The van der Waals surface area contributed by atoms with Crippen LogP contribution in [0.5, 0.6) is 0 Å². The van der Waals surface area contributed by atoms with E-state index in [1.807, 2.05) is 32.7 Å². The number of ether oxygens (including phenoxy) is 1. The quantitative estimate of drug-likeness (QED) is 0.769. The van der Waals surface area contributed by atoms with E-state index in [0.717, 1.165) is 38.8 Å². The fourth-order valence-corrected chi connectivity index (χ4v) is 3.89. The second-order valence-corrected chi connectivity index (χ2v) is 9.05. The van der Waals surface area contributed by atoms with Gasteiger partial charge in [-0.3, -0.25) is 4.79 Å². The van der Waals surface area contributed by atoms with Crippen LogP contribution in [0.4, 0.5) is 4.79 Å². The van der Waals surface area contributed by atoms with Gasteiger partial charge in [0.2, 0.25) is 5.91 Å². The zero-order valence-electron chi connectivity index (χ0n) is 17.5. The number of carbonyl (C=O) groups is 2. The number of hydrogen-bond acceptors (Lipinski definition) is 4. The maximum atomic E-state index is 12.9. The SMILES string of the molecule is CC(C)N1CCC(N(C)C(=O)C2CCN(C(=O)OC(C)(C)C)CC2)CC1. The molecule has 0 saturated carbocycles. The Morgan fingerprint density at radius 2 is 1.54 bits per heavy atom. The Kier molecular flexibility index (Phi) is 6.94. The normalized spacial score (nSPS) is 21.1. The molecule has 0 spiro atoms. The van der Waals surface area contributed by atoms with Gasteiger partial charge in [0.15, 0.2) is 0 Å². The number of rotatable bonds is 3. The molecule has 2 aliphatic rings. The van der Waals surface area contributed by atoms with E-state index < -0.39 is 5.60 Å². The van der Waals surface area contributed by atoms with Crippen molar-refractivity contribution in [2.75, 3.05) is 33.2 Å². The van der Waals surface area contributed by atoms with Gasteiger partial charge in [-0.1, -0.05) is 0 Å². The first kappa shape index (κ1) is 21.0. The van der Waals surface area contributed by atoms with Crippen LogP contribution in [0.15, 0.2) is 0 Å². The summed E-state index contributed by atoms with van der Waals surface area (Å²) in [6.45, 7) is 13.4. The molecule has 2 saturated heterocycles. The Hall–Kier alpha value is -1.30. The van der Waals surface area contributed by atoms with Crippen molar-refractivity contribution in [1.82, 2.24) is 14.7 Å². The predicted octanol–water partition coefficient (Wildman–Crippen LogP) is 2.96. The fraction of sp³-hybridized carbons (Fsp3) is 0.900. The summed E-state index contributed by atoms with van der Waals surface area (Å²) in [6.07, 6.45) is 3.30. The second kappa shape index (κ2) is 8.59. The molecule has 6 heteroatoms. The minimum absolute atomic E-state index is 0.0295. The summed E-state index contributed by atoms with van der Waals surface area (Å²) in [4.78, 5) is 31.2. The number of likely N-dealkylation sites (tertiary alicyclic amines) is 2. The number of piperidine rings is 2. The summed E-state index contributed by atoms with van der Waals surface area (Å²) >= 11 is 0. The molecule has 0 aromatic carbocycles. The highest BCUT2D eigenvalue weighted by atomic mass is 16.6. The highest BCUT2D eigenvalue weighted by Gasteiger charge is 2.34. The van der Waals surface area contributed by atoms with Crippen LogP contribution < -0.4 is 0 Å². The van der Waals surface area contributed by atoms with Crippen LogP contribution in [0, 0.1) is 5.92 Å². The van der Waals surface area contributed by atoms with E-state index in [2.05, 4.69) is 18.7 Å². The summed E-state index contributed by atoms with van der Waals surface area (Å²) in [7, 11) is 1.96. The Balaban J connectivity index is 1.80. The minimum atomic E-state index is -0.477. The molecule has 0 bridgehead atoms. The van der Waals surface area contributed by atoms with Crippen molar-refractivity contribution in [3.05, 3.63) is 0 Å². The van der Waals surface area contributed by atoms with Crippen LogP contribution in [0.25, 0.3) is 0 Å². The molecular weight excluding hydrogens is 330 g/mol. The van der Waals surface area contributed by atoms with Crippen molar-refractivity contribution in [1.29, 1.82) is 0 Å². The van der Waals surface area contributed by atoms with E-state index in [9.17, 15) is 9.59 Å². The van der Waals surface area contributed by atoms with Gasteiger partial charge in [-0.25, -0.2) is 4.79 Å². The van der Waals surface area contributed by atoms with Crippen LogP contribution in [0.3, 0.4) is 0 Å². The van der Waals surface area contributed by atoms with E-state index in [1.165, 1.54) is 0 Å². The summed E-state index contributed by atoms with van der Waals surface area (Å²) in [5.74, 6) is 0.277. The fourth-order valence-electron chi connectivity index (χ4n) is 3.89. The van der Waals surface area contributed by atoms with Crippen LogP contribution in [-0.4, -0.2) is 77.6 Å². The third-order valence-corrected chi connectivity index (χ3v) is 5.62. The molecule has 0 aliphatic carbocycles. The van der Waals surface area contributed by atoms with Crippen LogP contribution in [0.1, 0.15) is 60.3 Å². The monoisotopic (exact) mass is 367 g/mol. The van der Waals surface area contributed by atoms with Gasteiger partial charge in [-0.2, -0.15) is 0 Å². The lowest BCUT2D eigenvalue weighted by molar-refractivity contribution is -0.138. The van der Waals surface area contributed by atoms with Crippen molar-refractivity contribution in [3.8, 4) is 0 Å². The molecule has 0 radical (unpaired) electrons. The van der Waals surface area contributed by atoms with Crippen molar-refractivity contribution >= 4 is 12.0 Å². The molecule has 2 aliphatic heterocycles. The Morgan fingerprint density at radius 1 is 1.00 bits per heavy atom. The maximum absolute atomic E-state index is 12.9. The van der Waals surface area contributed by atoms with Crippen molar-refractivity contribution in [2.24, 2.45) is 5.92 Å². The van der Waals surface area contributed by atoms with Crippen LogP contribution in [-0.2, 0) is 9.53 Å². The van der Waals surface area contributed by atoms with E-state index in [1.54, 1.807) is 4.90 Å². The zero-order chi connectivity index (χ0) is 19.5. The van der Waals surface area contributed by atoms with Gasteiger partial charge < -0.3 is 19.4 Å². The molecule has 2 rings (SSSR count). The van der Waals surface area contributed by atoms with Gasteiger partial charge in [0.1, 0.15) is 5.60 Å². The molecule has 0 unspecified atom stereocenters. The Bertz CT molecular complexity index is 485. The van der Waals surface area contributed by atoms with Gasteiger partial charge in [0.25, 0.3) is 0 Å². The van der Waals surface area contributed by atoms with Crippen molar-refractivity contribution in [2.45, 2.75) is 78.0 Å². The number of nitrogens with zero attached hydrogens (tertiary/aromatic N) is 3. The molecule has 26 heavy (non-hydrogen) atoms. The largest absolute Gasteiger partial charge is 0.444 e. The molecule has 2 amide bonds. The molecule has 2 heterocycles. The van der Waals surface area contributed by atoms with Crippen molar-refractivity contribution in [3.63, 3.8) is 0 Å². The van der Waals surface area contributed by atoms with E-state index in [0.29, 0.717) is 25.2 Å². The molecule has 0 aromatic rings.